The van der Waals surface area contributed by atoms with E-state index in [1.165, 1.54) is 0 Å². The standard InChI is InChI=1S/C8H9NO.C7H4ClNO2/c1-6-3-2-4-7(5-6)8(9)10;8-4-1-2-6-5(3-4)9-7(10)11-6/h2-5H,1H3,(H2,9,10);1-3H,(H,9,10). The van der Waals surface area contributed by atoms with Crippen LogP contribution >= 0.6 is 11.6 Å². The zero-order chi connectivity index (χ0) is 15.4. The molecular weight excluding hydrogens is 292 g/mol. The van der Waals surface area contributed by atoms with Crippen LogP contribution in [0.2, 0.25) is 5.02 Å². The quantitative estimate of drug-likeness (QED) is 0.724. The van der Waals surface area contributed by atoms with Gasteiger partial charge < -0.3 is 10.2 Å². The number of aryl methyl sites for hydroxylation is 1. The number of amides is 1. The van der Waals surface area contributed by atoms with E-state index in [-0.39, 0.29) is 5.91 Å². The minimum Gasteiger partial charge on any atom is -0.408 e. The average molecular weight is 305 g/mol. The van der Waals surface area contributed by atoms with E-state index in [9.17, 15) is 9.59 Å². The lowest BCUT2D eigenvalue weighted by atomic mass is 10.1. The number of rotatable bonds is 1. The van der Waals surface area contributed by atoms with Crippen molar-refractivity contribution in [3.05, 3.63) is 69.2 Å². The molecule has 1 heterocycles. The van der Waals surface area contributed by atoms with Crippen molar-refractivity contribution >= 4 is 28.6 Å². The zero-order valence-electron chi connectivity index (χ0n) is 11.2. The minimum absolute atomic E-state index is 0.372. The Bertz CT molecular complexity index is 836. The number of halogens is 1. The third-order valence-electron chi connectivity index (χ3n) is 2.68. The topological polar surface area (TPSA) is 89.1 Å². The first kappa shape index (κ1) is 14.9. The van der Waals surface area contributed by atoms with E-state index in [0.717, 1.165) is 5.56 Å². The van der Waals surface area contributed by atoms with Crippen molar-refractivity contribution in [3.8, 4) is 0 Å². The van der Waals surface area contributed by atoms with Crippen molar-refractivity contribution in [2.45, 2.75) is 6.92 Å². The molecule has 0 unspecified atom stereocenters. The number of aromatic amines is 1. The number of carbonyl (C=O) groups is 1. The number of primary amides is 1. The van der Waals surface area contributed by atoms with E-state index in [4.69, 9.17) is 21.8 Å². The summed E-state index contributed by atoms with van der Waals surface area (Å²) in [7, 11) is 0. The fraction of sp³-hybridized carbons (Fsp3) is 0.0667. The molecule has 0 radical (unpaired) electrons. The molecule has 0 aliphatic rings. The Balaban J connectivity index is 0.000000155. The molecule has 0 fully saturated rings. The molecule has 108 valence electrons. The first-order valence-corrected chi connectivity index (χ1v) is 6.48. The third-order valence-corrected chi connectivity index (χ3v) is 2.92. The molecule has 0 saturated carbocycles. The van der Waals surface area contributed by atoms with Gasteiger partial charge in [-0.1, -0.05) is 29.3 Å². The fourth-order valence-corrected chi connectivity index (χ4v) is 1.89. The molecule has 1 amide bonds. The van der Waals surface area contributed by atoms with Crippen LogP contribution in [-0.2, 0) is 0 Å². The molecule has 0 aliphatic carbocycles. The maximum atomic E-state index is 10.6. The Morgan fingerprint density at radius 2 is 2.00 bits per heavy atom. The average Bonchev–Trinajstić information content (AvgIpc) is 2.78. The summed E-state index contributed by atoms with van der Waals surface area (Å²) in [6.07, 6.45) is 0. The van der Waals surface area contributed by atoms with Gasteiger partial charge in [-0.15, -0.1) is 0 Å². The van der Waals surface area contributed by atoms with E-state index < -0.39 is 5.76 Å². The van der Waals surface area contributed by atoms with Gasteiger partial charge in [0.05, 0.1) is 5.52 Å². The lowest BCUT2D eigenvalue weighted by Gasteiger charge is -1.94. The highest BCUT2D eigenvalue weighted by molar-refractivity contribution is 6.31. The van der Waals surface area contributed by atoms with E-state index in [1.54, 1.807) is 30.3 Å². The molecule has 3 aromatic rings. The molecule has 5 nitrogen and oxygen atoms in total. The van der Waals surface area contributed by atoms with E-state index in [2.05, 4.69) is 4.98 Å². The van der Waals surface area contributed by atoms with Crippen LogP contribution in [-0.4, -0.2) is 10.9 Å². The van der Waals surface area contributed by atoms with E-state index >= 15 is 0 Å². The Morgan fingerprint density at radius 3 is 2.62 bits per heavy atom. The fourth-order valence-electron chi connectivity index (χ4n) is 1.72. The van der Waals surface area contributed by atoms with Gasteiger partial charge in [0.1, 0.15) is 0 Å². The Kier molecular flexibility index (Phi) is 4.45. The molecule has 21 heavy (non-hydrogen) atoms. The van der Waals surface area contributed by atoms with Gasteiger partial charge in [0.15, 0.2) is 5.58 Å². The summed E-state index contributed by atoms with van der Waals surface area (Å²) in [5.41, 5.74) is 7.82. The second kappa shape index (κ2) is 6.28. The minimum atomic E-state index is -0.456. The molecular formula is C15H13ClN2O3. The van der Waals surface area contributed by atoms with Gasteiger partial charge >= 0.3 is 5.76 Å². The van der Waals surface area contributed by atoms with Crippen LogP contribution in [0.3, 0.4) is 0 Å². The molecule has 3 rings (SSSR count). The number of benzene rings is 2. The lowest BCUT2D eigenvalue weighted by molar-refractivity contribution is 0.1000. The number of nitrogens with two attached hydrogens (primary N) is 1. The van der Waals surface area contributed by atoms with Crippen LogP contribution in [0.25, 0.3) is 11.1 Å². The number of aromatic nitrogens is 1. The first-order chi connectivity index (χ1) is 9.95. The van der Waals surface area contributed by atoms with E-state index in [1.807, 2.05) is 19.1 Å². The van der Waals surface area contributed by atoms with Crippen molar-refractivity contribution in [1.82, 2.24) is 4.98 Å². The predicted octanol–water partition coefficient (Wildman–Crippen LogP) is 2.87. The van der Waals surface area contributed by atoms with Crippen molar-refractivity contribution in [3.63, 3.8) is 0 Å². The lowest BCUT2D eigenvalue weighted by Crippen LogP contribution is -2.10. The van der Waals surface area contributed by atoms with Crippen molar-refractivity contribution in [1.29, 1.82) is 0 Å². The van der Waals surface area contributed by atoms with Crippen LogP contribution in [0.1, 0.15) is 15.9 Å². The predicted molar refractivity (Wildman–Crippen MR) is 81.5 cm³/mol. The highest BCUT2D eigenvalue weighted by Crippen LogP contribution is 2.15. The molecule has 1 aromatic heterocycles. The largest absolute Gasteiger partial charge is 0.417 e. The number of carbonyl (C=O) groups excluding carboxylic acids is 1. The second-order valence-electron chi connectivity index (χ2n) is 4.39. The van der Waals surface area contributed by atoms with Crippen LogP contribution in [0.15, 0.2) is 51.7 Å². The van der Waals surface area contributed by atoms with Gasteiger partial charge in [-0.3, -0.25) is 9.78 Å². The molecule has 3 N–H and O–H groups in total. The molecule has 0 aliphatic heterocycles. The number of fused-ring (bicyclic) bond motifs is 1. The molecule has 0 spiro atoms. The highest BCUT2D eigenvalue weighted by atomic mass is 35.5. The Labute approximate surface area is 125 Å². The van der Waals surface area contributed by atoms with Gasteiger partial charge in [0, 0.05) is 10.6 Å². The maximum absolute atomic E-state index is 10.6. The van der Waals surface area contributed by atoms with Crippen molar-refractivity contribution < 1.29 is 9.21 Å². The zero-order valence-corrected chi connectivity index (χ0v) is 12.0. The van der Waals surface area contributed by atoms with Crippen molar-refractivity contribution in [2.24, 2.45) is 5.73 Å². The molecule has 0 bridgehead atoms. The smallest absolute Gasteiger partial charge is 0.408 e. The SMILES string of the molecule is Cc1cccc(C(N)=O)c1.O=c1[nH]c2cc(Cl)ccc2o1. The molecule has 0 atom stereocenters. The molecule has 2 aromatic carbocycles. The number of hydrogen-bond donors (Lipinski definition) is 2. The molecule has 0 saturated heterocycles. The van der Waals surface area contributed by atoms with Crippen LogP contribution in [0, 0.1) is 6.92 Å². The summed E-state index contributed by atoms with van der Waals surface area (Å²) in [5.74, 6) is -0.828. The Morgan fingerprint density at radius 1 is 1.24 bits per heavy atom. The summed E-state index contributed by atoms with van der Waals surface area (Å²) >= 11 is 5.66. The van der Waals surface area contributed by atoms with Gasteiger partial charge in [-0.05, 0) is 37.3 Å². The van der Waals surface area contributed by atoms with Gasteiger partial charge in [0.2, 0.25) is 5.91 Å². The van der Waals surface area contributed by atoms with Gasteiger partial charge in [-0.2, -0.15) is 0 Å². The van der Waals surface area contributed by atoms with Crippen LogP contribution in [0.4, 0.5) is 0 Å². The number of oxazole rings is 1. The van der Waals surface area contributed by atoms with Crippen LogP contribution < -0.4 is 11.5 Å². The summed E-state index contributed by atoms with van der Waals surface area (Å²) in [6, 6.07) is 12.2. The first-order valence-electron chi connectivity index (χ1n) is 6.10. The summed E-state index contributed by atoms with van der Waals surface area (Å²) < 4.78 is 4.75. The monoisotopic (exact) mass is 304 g/mol. The second-order valence-corrected chi connectivity index (χ2v) is 4.83. The van der Waals surface area contributed by atoms with Crippen molar-refractivity contribution in [2.75, 3.05) is 0 Å². The van der Waals surface area contributed by atoms with E-state index in [0.29, 0.717) is 21.7 Å². The molecule has 6 heteroatoms. The van der Waals surface area contributed by atoms with Crippen LogP contribution in [0.5, 0.6) is 0 Å². The number of hydrogen-bond acceptors (Lipinski definition) is 3. The summed E-state index contributed by atoms with van der Waals surface area (Å²) in [5, 5.41) is 0.578. The number of H-pyrrole nitrogens is 1. The highest BCUT2D eigenvalue weighted by Gasteiger charge is 1.99. The third kappa shape index (κ3) is 3.97. The summed E-state index contributed by atoms with van der Waals surface area (Å²) in [4.78, 5) is 23.7. The maximum Gasteiger partial charge on any atom is 0.417 e. The summed E-state index contributed by atoms with van der Waals surface area (Å²) in [6.45, 7) is 1.92. The Hall–Kier alpha value is -2.53. The number of nitrogens with one attached hydrogen (secondary N) is 1. The van der Waals surface area contributed by atoms with Gasteiger partial charge in [0.25, 0.3) is 0 Å². The van der Waals surface area contributed by atoms with Gasteiger partial charge in [-0.25, -0.2) is 4.79 Å². The normalized spacial score (nSPS) is 10.0.